The van der Waals surface area contributed by atoms with E-state index in [9.17, 15) is 18.0 Å². The van der Waals surface area contributed by atoms with Gasteiger partial charge in [-0.1, -0.05) is 0 Å². The van der Waals surface area contributed by atoms with Crippen LogP contribution in [0.25, 0.3) is 0 Å². The molecule has 0 spiro atoms. The number of rotatable bonds is 3. The summed E-state index contributed by atoms with van der Waals surface area (Å²) < 4.78 is 40.4. The Morgan fingerprint density at radius 2 is 2.00 bits per heavy atom. The molecule has 4 heterocycles. The van der Waals surface area contributed by atoms with Gasteiger partial charge < -0.3 is 5.32 Å². The first-order valence-electron chi connectivity index (χ1n) is 10.0. The number of likely N-dealkylation sites (tertiary alicyclic amines) is 1. The van der Waals surface area contributed by atoms with Crippen LogP contribution in [-0.4, -0.2) is 91.3 Å². The van der Waals surface area contributed by atoms with Crippen molar-refractivity contribution in [3.8, 4) is 0 Å². The monoisotopic (exact) mass is 424 g/mol. The van der Waals surface area contributed by atoms with Crippen molar-refractivity contribution in [1.82, 2.24) is 31.3 Å². The largest absolute Gasteiger partial charge is 0.392 e. The molecule has 4 rings (SSSR count). The summed E-state index contributed by atoms with van der Waals surface area (Å²) in [4.78, 5) is 16.2. The van der Waals surface area contributed by atoms with Crippen LogP contribution >= 0.6 is 11.6 Å². The summed E-state index contributed by atoms with van der Waals surface area (Å²) in [6, 6.07) is 0.299. The molecule has 4 saturated heterocycles. The van der Waals surface area contributed by atoms with Crippen LogP contribution in [0.15, 0.2) is 0 Å². The van der Waals surface area contributed by atoms with Crippen molar-refractivity contribution in [3.63, 3.8) is 0 Å². The lowest BCUT2D eigenvalue weighted by Crippen LogP contribution is -2.65. The number of carbonyl (C=O) groups is 1. The van der Waals surface area contributed by atoms with E-state index >= 15 is 0 Å². The highest BCUT2D eigenvalue weighted by molar-refractivity contribution is 6.31. The molecule has 0 bridgehead atoms. The Labute approximate surface area is 167 Å². The normalized spacial score (nSPS) is 40.9. The van der Waals surface area contributed by atoms with Gasteiger partial charge in [-0.05, 0) is 31.8 Å². The van der Waals surface area contributed by atoms with Crippen LogP contribution < -0.4 is 21.5 Å². The highest BCUT2D eigenvalue weighted by Gasteiger charge is 2.48. The second-order valence-electron chi connectivity index (χ2n) is 8.33. The van der Waals surface area contributed by atoms with E-state index < -0.39 is 23.4 Å². The van der Waals surface area contributed by atoms with E-state index in [0.717, 1.165) is 13.0 Å². The highest BCUT2D eigenvalue weighted by Crippen LogP contribution is 2.37. The molecule has 0 aromatic carbocycles. The number of fused-ring (bicyclic) bond motifs is 1. The van der Waals surface area contributed by atoms with Gasteiger partial charge in [-0.2, -0.15) is 13.2 Å². The van der Waals surface area contributed by atoms with Gasteiger partial charge in [-0.15, -0.1) is 11.6 Å². The van der Waals surface area contributed by atoms with Crippen molar-refractivity contribution in [2.45, 2.75) is 42.5 Å². The van der Waals surface area contributed by atoms with Gasteiger partial charge >= 0.3 is 6.18 Å². The van der Waals surface area contributed by atoms with Crippen molar-refractivity contribution in [1.29, 1.82) is 0 Å². The standard InChI is InChI=1S/C17H28ClF3N6O/c18-15-13(6-24-25-16(15)28)26-4-2-12-14(8-26)27(9-23-12)7-10-5-22-3-1-11(10)17(19,20)21/h10-15,22-24H,1-9H2,(H,25,28). The number of piperidine rings is 2. The lowest BCUT2D eigenvalue weighted by molar-refractivity contribution is -0.196. The third-order valence-electron chi connectivity index (χ3n) is 6.72. The minimum Gasteiger partial charge on any atom is -0.316 e. The van der Waals surface area contributed by atoms with Crippen molar-refractivity contribution >= 4 is 17.5 Å². The van der Waals surface area contributed by atoms with Gasteiger partial charge in [-0.3, -0.25) is 25.3 Å². The first-order chi connectivity index (χ1) is 13.3. The first kappa shape index (κ1) is 20.6. The molecule has 4 fully saturated rings. The number of nitrogens with one attached hydrogen (secondary N) is 4. The molecule has 0 radical (unpaired) electrons. The van der Waals surface area contributed by atoms with Crippen molar-refractivity contribution < 1.29 is 18.0 Å². The molecule has 0 saturated carbocycles. The number of alkyl halides is 4. The molecule has 11 heteroatoms. The van der Waals surface area contributed by atoms with Gasteiger partial charge in [0.25, 0.3) is 5.91 Å². The zero-order chi connectivity index (χ0) is 19.9. The molecule has 1 amide bonds. The summed E-state index contributed by atoms with van der Waals surface area (Å²) in [5.74, 6) is -1.92. The van der Waals surface area contributed by atoms with Gasteiger partial charge in [0.1, 0.15) is 5.38 Å². The summed E-state index contributed by atoms with van der Waals surface area (Å²) in [5.41, 5.74) is 5.43. The van der Waals surface area contributed by atoms with Gasteiger partial charge in [0.2, 0.25) is 0 Å². The fraction of sp³-hybridized carbons (Fsp3) is 0.941. The minimum atomic E-state index is -4.15. The summed E-state index contributed by atoms with van der Waals surface area (Å²) in [7, 11) is 0. The first-order valence-corrected chi connectivity index (χ1v) is 10.4. The number of hydrazine groups is 1. The minimum absolute atomic E-state index is 0.113. The molecular formula is C17H28ClF3N6O. The Hall–Kier alpha value is -0.650. The fourth-order valence-corrected chi connectivity index (χ4v) is 5.47. The van der Waals surface area contributed by atoms with Gasteiger partial charge in [0.05, 0.1) is 5.92 Å². The second-order valence-corrected chi connectivity index (χ2v) is 8.80. The molecule has 7 nitrogen and oxygen atoms in total. The Kier molecular flexibility index (Phi) is 6.06. The lowest BCUT2D eigenvalue weighted by Gasteiger charge is -2.45. The number of carbonyl (C=O) groups excluding carboxylic acids is 1. The van der Waals surface area contributed by atoms with Crippen LogP contribution in [0.2, 0.25) is 0 Å². The maximum atomic E-state index is 13.5. The van der Waals surface area contributed by atoms with Gasteiger partial charge in [-0.25, -0.2) is 5.43 Å². The van der Waals surface area contributed by atoms with E-state index in [1.54, 1.807) is 0 Å². The van der Waals surface area contributed by atoms with Crippen molar-refractivity contribution in [2.24, 2.45) is 11.8 Å². The predicted octanol–water partition coefficient (Wildman–Crippen LogP) is -0.310. The molecular weight excluding hydrogens is 397 g/mol. The molecule has 160 valence electrons. The van der Waals surface area contributed by atoms with Crippen LogP contribution in [0, 0.1) is 11.8 Å². The maximum Gasteiger partial charge on any atom is 0.392 e. The quantitative estimate of drug-likeness (QED) is 0.466. The molecule has 4 aliphatic rings. The van der Waals surface area contributed by atoms with Gasteiger partial charge in [0, 0.05) is 51.0 Å². The zero-order valence-electron chi connectivity index (χ0n) is 15.6. The Bertz CT molecular complexity index is 582. The average molecular weight is 425 g/mol. The molecule has 4 aliphatic heterocycles. The van der Waals surface area contributed by atoms with E-state index in [1.807, 2.05) is 0 Å². The maximum absolute atomic E-state index is 13.5. The third kappa shape index (κ3) is 4.13. The van der Waals surface area contributed by atoms with E-state index in [-0.39, 0.29) is 30.5 Å². The molecule has 28 heavy (non-hydrogen) atoms. The highest BCUT2D eigenvalue weighted by atomic mass is 35.5. The number of hydrogen-bond acceptors (Lipinski definition) is 6. The van der Waals surface area contributed by atoms with Crippen molar-refractivity contribution in [2.75, 3.05) is 45.9 Å². The topological polar surface area (TPSA) is 71.7 Å². The van der Waals surface area contributed by atoms with Crippen molar-refractivity contribution in [3.05, 3.63) is 0 Å². The lowest BCUT2D eigenvalue weighted by atomic mass is 9.85. The summed E-state index contributed by atoms with van der Waals surface area (Å²) in [5, 5.41) is 5.96. The molecule has 6 atom stereocenters. The number of nitrogens with zero attached hydrogens (tertiary/aromatic N) is 2. The van der Waals surface area contributed by atoms with Crippen LogP contribution in [0.5, 0.6) is 0 Å². The predicted molar refractivity (Wildman–Crippen MR) is 98.6 cm³/mol. The van der Waals surface area contributed by atoms with Gasteiger partial charge in [0.15, 0.2) is 0 Å². The smallest absolute Gasteiger partial charge is 0.316 e. The SMILES string of the molecule is O=C1NNCC(N2CCC3NCN(CC4CNCCC4C(F)(F)F)C3C2)C1Cl. The summed E-state index contributed by atoms with van der Waals surface area (Å²) >= 11 is 6.31. The summed E-state index contributed by atoms with van der Waals surface area (Å²) in [6.45, 7) is 3.95. The average Bonchev–Trinajstić information content (AvgIpc) is 3.06. The Morgan fingerprint density at radius 3 is 2.79 bits per heavy atom. The zero-order valence-corrected chi connectivity index (χ0v) is 16.4. The van der Waals surface area contributed by atoms with E-state index in [1.165, 1.54) is 0 Å². The Morgan fingerprint density at radius 1 is 1.18 bits per heavy atom. The number of amides is 1. The van der Waals surface area contributed by atoms with E-state index in [2.05, 4.69) is 31.3 Å². The van der Waals surface area contributed by atoms with Crippen LogP contribution in [-0.2, 0) is 4.79 Å². The third-order valence-corrected chi connectivity index (χ3v) is 7.21. The van der Waals surface area contributed by atoms with Crippen LogP contribution in [0.4, 0.5) is 13.2 Å². The van der Waals surface area contributed by atoms with Crippen LogP contribution in [0.1, 0.15) is 12.8 Å². The molecule has 4 N–H and O–H groups in total. The number of hydrogen-bond donors (Lipinski definition) is 4. The summed E-state index contributed by atoms with van der Waals surface area (Å²) in [6.07, 6.45) is -3.11. The van der Waals surface area contributed by atoms with E-state index in [4.69, 9.17) is 11.6 Å². The molecule has 0 aromatic rings. The molecule has 6 unspecified atom stereocenters. The fourth-order valence-electron chi connectivity index (χ4n) is 5.17. The Balaban J connectivity index is 1.41. The molecule has 0 aromatic heterocycles. The second kappa shape index (κ2) is 8.23. The van der Waals surface area contributed by atoms with E-state index in [0.29, 0.717) is 39.4 Å². The molecule has 0 aliphatic carbocycles. The number of halogens is 4. The van der Waals surface area contributed by atoms with Crippen LogP contribution in [0.3, 0.4) is 0 Å².